The van der Waals surface area contributed by atoms with Gasteiger partial charge in [0.1, 0.15) is 0 Å². The molecule has 2 aromatic rings. The van der Waals surface area contributed by atoms with E-state index in [0.29, 0.717) is 5.92 Å². The Morgan fingerprint density at radius 1 is 0.581 bits per heavy atom. The molecule has 0 nitrogen and oxygen atoms in total. The van der Waals surface area contributed by atoms with Crippen LogP contribution in [0.25, 0.3) is 0 Å². The highest BCUT2D eigenvalue weighted by molar-refractivity contribution is 5.33. The summed E-state index contributed by atoms with van der Waals surface area (Å²) in [6, 6.07) is 14.8. The molecule has 0 saturated carbocycles. The highest BCUT2D eigenvalue weighted by atomic mass is 14.2. The standard InChI is InChI=1S/C31H48/c1-7-13-14-15-28(20-29-18-24(8-2)16-25(9-3)19-29)23-30(12-6)31-21-26(10-4)17-27(11-5)22-31/h16-19,21-22,28,30H,7-15,20,23H2,1-6H3. The van der Waals surface area contributed by atoms with Crippen LogP contribution in [-0.2, 0) is 32.1 Å². The second kappa shape index (κ2) is 13.8. The van der Waals surface area contributed by atoms with Gasteiger partial charge in [-0.15, -0.1) is 0 Å². The van der Waals surface area contributed by atoms with E-state index in [9.17, 15) is 0 Å². The van der Waals surface area contributed by atoms with E-state index in [-0.39, 0.29) is 0 Å². The van der Waals surface area contributed by atoms with Gasteiger partial charge in [-0.3, -0.25) is 0 Å². The number of hydrogen-bond acceptors (Lipinski definition) is 0. The lowest BCUT2D eigenvalue weighted by molar-refractivity contribution is 0.384. The van der Waals surface area contributed by atoms with Crippen LogP contribution in [0, 0.1) is 5.92 Å². The van der Waals surface area contributed by atoms with Crippen molar-refractivity contribution in [1.82, 2.24) is 0 Å². The molecule has 0 heteroatoms. The summed E-state index contributed by atoms with van der Waals surface area (Å²) in [6.07, 6.45) is 13.8. The predicted octanol–water partition coefficient (Wildman–Crippen LogP) is 9.26. The monoisotopic (exact) mass is 420 g/mol. The molecular weight excluding hydrogens is 372 g/mol. The van der Waals surface area contributed by atoms with E-state index in [1.54, 1.807) is 11.1 Å². The van der Waals surface area contributed by atoms with Gasteiger partial charge < -0.3 is 0 Å². The smallest absolute Gasteiger partial charge is 0.0162 e. The zero-order valence-electron chi connectivity index (χ0n) is 21.4. The Labute approximate surface area is 193 Å². The van der Waals surface area contributed by atoms with Gasteiger partial charge in [-0.1, -0.05) is 104 Å². The topological polar surface area (TPSA) is 0 Å². The third-order valence-corrected chi connectivity index (χ3v) is 7.14. The van der Waals surface area contributed by atoms with E-state index in [0.717, 1.165) is 31.6 Å². The molecule has 0 aromatic heterocycles. The number of rotatable bonds is 14. The number of hydrogen-bond donors (Lipinski definition) is 0. The molecule has 31 heavy (non-hydrogen) atoms. The summed E-state index contributed by atoms with van der Waals surface area (Å²) in [4.78, 5) is 0. The summed E-state index contributed by atoms with van der Waals surface area (Å²) in [5.41, 5.74) is 9.21. The van der Waals surface area contributed by atoms with Crippen molar-refractivity contribution in [3.63, 3.8) is 0 Å². The molecule has 0 aliphatic heterocycles. The summed E-state index contributed by atoms with van der Waals surface area (Å²) in [5, 5.41) is 0. The highest BCUT2D eigenvalue weighted by Crippen LogP contribution is 2.33. The second-order valence-corrected chi connectivity index (χ2v) is 9.56. The summed E-state index contributed by atoms with van der Waals surface area (Å²) in [7, 11) is 0. The van der Waals surface area contributed by atoms with Gasteiger partial charge in [-0.25, -0.2) is 0 Å². The van der Waals surface area contributed by atoms with Crippen LogP contribution in [0.1, 0.15) is 119 Å². The van der Waals surface area contributed by atoms with Crippen molar-refractivity contribution < 1.29 is 0 Å². The van der Waals surface area contributed by atoms with Crippen molar-refractivity contribution in [2.45, 2.75) is 118 Å². The first-order valence-electron chi connectivity index (χ1n) is 13.3. The number of benzene rings is 2. The van der Waals surface area contributed by atoms with Gasteiger partial charge in [0.2, 0.25) is 0 Å². The molecule has 2 unspecified atom stereocenters. The Morgan fingerprint density at radius 2 is 1.06 bits per heavy atom. The fourth-order valence-electron chi connectivity index (χ4n) is 5.06. The van der Waals surface area contributed by atoms with Gasteiger partial charge in [-0.05, 0) is 90.2 Å². The Balaban J connectivity index is 2.26. The summed E-state index contributed by atoms with van der Waals surface area (Å²) in [5.74, 6) is 1.46. The maximum absolute atomic E-state index is 2.50. The summed E-state index contributed by atoms with van der Waals surface area (Å²) >= 11 is 0. The molecule has 0 aliphatic carbocycles. The van der Waals surface area contributed by atoms with Gasteiger partial charge >= 0.3 is 0 Å². The Hall–Kier alpha value is -1.56. The highest BCUT2D eigenvalue weighted by Gasteiger charge is 2.19. The Morgan fingerprint density at radius 3 is 1.52 bits per heavy atom. The second-order valence-electron chi connectivity index (χ2n) is 9.56. The molecule has 0 bridgehead atoms. The van der Waals surface area contributed by atoms with E-state index >= 15 is 0 Å². The first-order valence-corrected chi connectivity index (χ1v) is 13.3. The zero-order valence-corrected chi connectivity index (χ0v) is 21.4. The van der Waals surface area contributed by atoms with Crippen molar-refractivity contribution in [2.24, 2.45) is 5.92 Å². The van der Waals surface area contributed by atoms with E-state index < -0.39 is 0 Å². The van der Waals surface area contributed by atoms with Gasteiger partial charge in [0.15, 0.2) is 0 Å². The van der Waals surface area contributed by atoms with Crippen molar-refractivity contribution in [3.8, 4) is 0 Å². The normalized spacial score (nSPS) is 13.4. The van der Waals surface area contributed by atoms with Crippen LogP contribution < -0.4 is 0 Å². The largest absolute Gasteiger partial charge is 0.0654 e. The average molecular weight is 421 g/mol. The number of aryl methyl sites for hydroxylation is 4. The van der Waals surface area contributed by atoms with Gasteiger partial charge in [0.05, 0.1) is 0 Å². The molecular formula is C31H48. The molecule has 0 saturated heterocycles. The van der Waals surface area contributed by atoms with Gasteiger partial charge in [0.25, 0.3) is 0 Å². The van der Waals surface area contributed by atoms with E-state index in [1.807, 2.05) is 0 Å². The lowest BCUT2D eigenvalue weighted by Gasteiger charge is -2.25. The Bertz CT molecular complexity index is 725. The lowest BCUT2D eigenvalue weighted by Crippen LogP contribution is -2.12. The van der Waals surface area contributed by atoms with Crippen molar-refractivity contribution in [1.29, 1.82) is 0 Å². The van der Waals surface area contributed by atoms with Gasteiger partial charge in [0, 0.05) is 0 Å². The minimum Gasteiger partial charge on any atom is -0.0654 e. The fraction of sp³-hybridized carbons (Fsp3) is 0.613. The molecule has 0 spiro atoms. The van der Waals surface area contributed by atoms with Crippen LogP contribution >= 0.6 is 0 Å². The van der Waals surface area contributed by atoms with Crippen LogP contribution in [-0.4, -0.2) is 0 Å². The quantitative estimate of drug-likeness (QED) is 0.267. The first kappa shape index (κ1) is 25.7. The van der Waals surface area contributed by atoms with Gasteiger partial charge in [-0.2, -0.15) is 0 Å². The van der Waals surface area contributed by atoms with Crippen LogP contribution in [0.5, 0.6) is 0 Å². The third-order valence-electron chi connectivity index (χ3n) is 7.14. The van der Waals surface area contributed by atoms with Crippen LogP contribution in [0.2, 0.25) is 0 Å². The molecule has 0 heterocycles. The van der Waals surface area contributed by atoms with Crippen LogP contribution in [0.4, 0.5) is 0 Å². The maximum atomic E-state index is 2.50. The summed E-state index contributed by atoms with van der Waals surface area (Å²) < 4.78 is 0. The minimum absolute atomic E-state index is 0.684. The molecule has 2 atom stereocenters. The van der Waals surface area contributed by atoms with E-state index in [4.69, 9.17) is 0 Å². The average Bonchev–Trinajstić information content (AvgIpc) is 2.81. The molecule has 2 aromatic carbocycles. The van der Waals surface area contributed by atoms with Crippen LogP contribution in [0.15, 0.2) is 36.4 Å². The molecule has 2 rings (SSSR count). The van der Waals surface area contributed by atoms with E-state index in [2.05, 4.69) is 77.9 Å². The fourth-order valence-corrected chi connectivity index (χ4v) is 5.06. The molecule has 0 radical (unpaired) electrons. The zero-order chi connectivity index (χ0) is 22.6. The maximum Gasteiger partial charge on any atom is -0.0162 e. The van der Waals surface area contributed by atoms with Crippen molar-refractivity contribution in [2.75, 3.05) is 0 Å². The minimum atomic E-state index is 0.684. The Kier molecular flexibility index (Phi) is 11.4. The lowest BCUT2D eigenvalue weighted by atomic mass is 9.80. The third kappa shape index (κ3) is 8.13. The summed E-state index contributed by atoms with van der Waals surface area (Å²) in [6.45, 7) is 13.9. The molecule has 0 amide bonds. The molecule has 0 aliphatic rings. The van der Waals surface area contributed by atoms with Crippen molar-refractivity contribution >= 4 is 0 Å². The molecule has 0 N–H and O–H groups in total. The molecule has 172 valence electrons. The van der Waals surface area contributed by atoms with Crippen LogP contribution in [0.3, 0.4) is 0 Å². The van der Waals surface area contributed by atoms with E-state index in [1.165, 1.54) is 67.2 Å². The SMILES string of the molecule is CCCCCC(Cc1cc(CC)cc(CC)c1)CC(CC)c1cc(CC)cc(CC)c1. The first-order chi connectivity index (χ1) is 15.1. The predicted molar refractivity (Wildman–Crippen MR) is 139 cm³/mol. The van der Waals surface area contributed by atoms with Crippen molar-refractivity contribution in [3.05, 3.63) is 69.8 Å². The molecule has 0 fully saturated rings. The number of unbranched alkanes of at least 4 members (excludes halogenated alkanes) is 2.